The number of ether oxygens (including phenoxy) is 1. The molecule has 0 saturated heterocycles. The molecule has 1 aromatic heterocycles. The number of fused-ring (bicyclic) bond motifs is 1. The van der Waals surface area contributed by atoms with Crippen LogP contribution in [0, 0.1) is 12.7 Å². The van der Waals surface area contributed by atoms with Gasteiger partial charge in [-0.15, -0.1) is 0 Å². The van der Waals surface area contributed by atoms with E-state index >= 15 is 0 Å². The molecule has 0 atom stereocenters. The standard InChI is InChI=1S/C25H24ClFN4O4/c1-3-35-25(34)30-11-10-19-21(13-30)29-23(16-5-7-17(27)8-6-16)31(24(19)33)14-22(32)28-18-9-4-15(2)20(26)12-18/h4-9,12H,3,10-11,13-14H2,1-2H3,(H,28,32). The highest BCUT2D eigenvalue weighted by Gasteiger charge is 2.27. The van der Waals surface area contributed by atoms with Gasteiger partial charge < -0.3 is 15.0 Å². The summed E-state index contributed by atoms with van der Waals surface area (Å²) in [6.45, 7) is 3.90. The van der Waals surface area contributed by atoms with Crippen LogP contribution >= 0.6 is 11.6 Å². The van der Waals surface area contributed by atoms with E-state index in [1.165, 1.54) is 33.7 Å². The lowest BCUT2D eigenvalue weighted by atomic mass is 10.1. The Morgan fingerprint density at radius 1 is 1.20 bits per heavy atom. The van der Waals surface area contributed by atoms with Crippen LogP contribution in [0.1, 0.15) is 23.7 Å². The van der Waals surface area contributed by atoms with E-state index in [9.17, 15) is 18.8 Å². The maximum Gasteiger partial charge on any atom is 0.410 e. The molecule has 1 aliphatic heterocycles. The zero-order valence-corrected chi connectivity index (χ0v) is 20.1. The molecule has 0 bridgehead atoms. The molecule has 10 heteroatoms. The predicted octanol–water partition coefficient (Wildman–Crippen LogP) is 4.16. The number of benzene rings is 2. The number of hydrogen-bond acceptors (Lipinski definition) is 5. The Kier molecular flexibility index (Phi) is 7.16. The highest BCUT2D eigenvalue weighted by Crippen LogP contribution is 2.23. The number of hydrogen-bond donors (Lipinski definition) is 1. The summed E-state index contributed by atoms with van der Waals surface area (Å²) in [7, 11) is 0. The fraction of sp³-hybridized carbons (Fsp3) is 0.280. The molecule has 0 aliphatic carbocycles. The van der Waals surface area contributed by atoms with Crippen molar-refractivity contribution in [2.75, 3.05) is 18.5 Å². The van der Waals surface area contributed by atoms with Gasteiger partial charge in [-0.2, -0.15) is 0 Å². The number of aryl methyl sites for hydroxylation is 1. The fourth-order valence-corrected chi connectivity index (χ4v) is 4.06. The van der Waals surface area contributed by atoms with E-state index in [0.717, 1.165) is 5.56 Å². The second kappa shape index (κ2) is 10.3. The van der Waals surface area contributed by atoms with Crippen molar-refractivity contribution in [2.45, 2.75) is 33.4 Å². The average Bonchev–Trinajstić information content (AvgIpc) is 2.83. The number of halogens is 2. The molecule has 2 amide bonds. The molecule has 0 fully saturated rings. The van der Waals surface area contributed by atoms with Crippen molar-refractivity contribution in [3.63, 3.8) is 0 Å². The number of amides is 2. The van der Waals surface area contributed by atoms with E-state index in [4.69, 9.17) is 16.3 Å². The lowest BCUT2D eigenvalue weighted by Gasteiger charge is -2.28. The van der Waals surface area contributed by atoms with Gasteiger partial charge in [-0.05, 0) is 62.2 Å². The lowest BCUT2D eigenvalue weighted by Crippen LogP contribution is -2.42. The number of carbonyl (C=O) groups excluding carboxylic acids is 2. The van der Waals surface area contributed by atoms with E-state index in [1.54, 1.807) is 25.1 Å². The molecule has 4 rings (SSSR count). The summed E-state index contributed by atoms with van der Waals surface area (Å²) in [6.07, 6.45) is -0.206. The molecule has 3 aromatic rings. The summed E-state index contributed by atoms with van der Waals surface area (Å²) in [4.78, 5) is 44.7. The van der Waals surface area contributed by atoms with Crippen LogP contribution in [0.25, 0.3) is 11.4 Å². The van der Waals surface area contributed by atoms with Crippen LogP contribution in [-0.4, -0.2) is 39.6 Å². The van der Waals surface area contributed by atoms with Gasteiger partial charge in [-0.25, -0.2) is 14.2 Å². The first-order valence-electron chi connectivity index (χ1n) is 11.1. The third-order valence-corrected chi connectivity index (χ3v) is 6.11. The van der Waals surface area contributed by atoms with Crippen LogP contribution in [0.15, 0.2) is 47.3 Å². The third kappa shape index (κ3) is 5.35. The Morgan fingerprint density at radius 3 is 2.63 bits per heavy atom. The Labute approximate surface area is 206 Å². The van der Waals surface area contributed by atoms with Gasteiger partial charge in [-0.3, -0.25) is 14.2 Å². The number of rotatable bonds is 5. The van der Waals surface area contributed by atoms with Crippen molar-refractivity contribution in [1.29, 1.82) is 0 Å². The maximum absolute atomic E-state index is 13.6. The number of nitrogens with one attached hydrogen (secondary N) is 1. The summed E-state index contributed by atoms with van der Waals surface area (Å²) in [5, 5.41) is 3.26. The van der Waals surface area contributed by atoms with E-state index in [1.807, 2.05) is 6.92 Å². The van der Waals surface area contributed by atoms with Crippen molar-refractivity contribution >= 4 is 29.3 Å². The van der Waals surface area contributed by atoms with Gasteiger partial charge in [0.05, 0.1) is 18.8 Å². The second-order valence-corrected chi connectivity index (χ2v) is 8.55. The third-order valence-electron chi connectivity index (χ3n) is 5.71. The van der Waals surface area contributed by atoms with Crippen LogP contribution in [0.4, 0.5) is 14.9 Å². The van der Waals surface area contributed by atoms with Gasteiger partial charge >= 0.3 is 6.09 Å². The van der Waals surface area contributed by atoms with Crippen LogP contribution in [0.5, 0.6) is 0 Å². The predicted molar refractivity (Wildman–Crippen MR) is 130 cm³/mol. The molecular weight excluding hydrogens is 475 g/mol. The summed E-state index contributed by atoms with van der Waals surface area (Å²) >= 11 is 6.15. The molecule has 0 radical (unpaired) electrons. The number of nitrogens with zero attached hydrogens (tertiary/aromatic N) is 3. The van der Waals surface area contributed by atoms with Crippen molar-refractivity contribution in [3.05, 3.63) is 80.5 Å². The topological polar surface area (TPSA) is 93.5 Å². The van der Waals surface area contributed by atoms with E-state index in [-0.39, 0.29) is 37.5 Å². The summed E-state index contributed by atoms with van der Waals surface area (Å²) < 4.78 is 19.9. The summed E-state index contributed by atoms with van der Waals surface area (Å²) in [5.74, 6) is -0.680. The number of anilines is 1. The van der Waals surface area contributed by atoms with Crippen molar-refractivity contribution in [1.82, 2.24) is 14.5 Å². The Morgan fingerprint density at radius 2 is 1.94 bits per heavy atom. The lowest BCUT2D eigenvalue weighted by molar-refractivity contribution is -0.116. The largest absolute Gasteiger partial charge is 0.450 e. The second-order valence-electron chi connectivity index (χ2n) is 8.14. The first-order valence-corrected chi connectivity index (χ1v) is 11.5. The van der Waals surface area contributed by atoms with Crippen LogP contribution in [0.2, 0.25) is 5.02 Å². The molecule has 2 aromatic carbocycles. The van der Waals surface area contributed by atoms with Crippen molar-refractivity contribution in [3.8, 4) is 11.4 Å². The van der Waals surface area contributed by atoms with Gasteiger partial charge in [0.2, 0.25) is 5.91 Å². The quantitative estimate of drug-likeness (QED) is 0.570. The van der Waals surface area contributed by atoms with Crippen LogP contribution in [-0.2, 0) is 29.0 Å². The molecule has 1 N–H and O–H groups in total. The van der Waals surface area contributed by atoms with Gasteiger partial charge in [0.15, 0.2) is 0 Å². The summed E-state index contributed by atoms with van der Waals surface area (Å²) in [6, 6.07) is 10.6. The Balaban J connectivity index is 1.71. The Hall–Kier alpha value is -3.72. The molecule has 182 valence electrons. The molecule has 2 heterocycles. The normalized spacial score (nSPS) is 12.7. The zero-order valence-electron chi connectivity index (χ0n) is 19.3. The van der Waals surface area contributed by atoms with Gasteiger partial charge in [0, 0.05) is 28.4 Å². The monoisotopic (exact) mass is 498 g/mol. The molecule has 0 unspecified atom stereocenters. The zero-order chi connectivity index (χ0) is 25.1. The van der Waals surface area contributed by atoms with Crippen LogP contribution in [0.3, 0.4) is 0 Å². The fourth-order valence-electron chi connectivity index (χ4n) is 3.88. The minimum Gasteiger partial charge on any atom is -0.450 e. The molecule has 1 aliphatic rings. The molecule has 8 nitrogen and oxygen atoms in total. The van der Waals surface area contributed by atoms with Crippen molar-refractivity contribution < 1.29 is 18.7 Å². The molecule has 0 saturated carbocycles. The van der Waals surface area contributed by atoms with E-state index in [2.05, 4.69) is 10.3 Å². The number of aromatic nitrogens is 2. The first-order chi connectivity index (χ1) is 16.8. The minimum absolute atomic E-state index is 0.104. The highest BCUT2D eigenvalue weighted by atomic mass is 35.5. The number of carbonyl (C=O) groups is 2. The average molecular weight is 499 g/mol. The Bertz CT molecular complexity index is 1340. The van der Waals surface area contributed by atoms with Gasteiger partial charge in [0.25, 0.3) is 5.56 Å². The first kappa shape index (κ1) is 24.4. The smallest absolute Gasteiger partial charge is 0.410 e. The van der Waals surface area contributed by atoms with Gasteiger partial charge in [0.1, 0.15) is 18.2 Å². The van der Waals surface area contributed by atoms with Crippen LogP contribution < -0.4 is 10.9 Å². The minimum atomic E-state index is -0.483. The highest BCUT2D eigenvalue weighted by molar-refractivity contribution is 6.31. The van der Waals surface area contributed by atoms with Crippen molar-refractivity contribution in [2.24, 2.45) is 0 Å². The van der Waals surface area contributed by atoms with Gasteiger partial charge in [-0.1, -0.05) is 17.7 Å². The van der Waals surface area contributed by atoms with E-state index < -0.39 is 17.8 Å². The molecule has 0 spiro atoms. The van der Waals surface area contributed by atoms with E-state index in [0.29, 0.717) is 34.1 Å². The maximum atomic E-state index is 13.6. The SMILES string of the molecule is CCOC(=O)N1CCc2c(nc(-c3ccc(F)cc3)n(CC(=O)Nc3ccc(C)c(Cl)c3)c2=O)C1. The summed E-state index contributed by atoms with van der Waals surface area (Å²) in [5.41, 5.74) is 2.31. The molecular formula is C25H24ClFN4O4. The molecule has 35 heavy (non-hydrogen) atoms.